The Morgan fingerprint density at radius 1 is 1.11 bits per heavy atom. The minimum absolute atomic E-state index is 0.0730. The van der Waals surface area contributed by atoms with Crippen molar-refractivity contribution in [2.75, 3.05) is 7.11 Å². The van der Waals surface area contributed by atoms with E-state index in [2.05, 4.69) is 21.4 Å². The van der Waals surface area contributed by atoms with Crippen LogP contribution in [-0.2, 0) is 9.59 Å². The zero-order valence-electron chi connectivity index (χ0n) is 14.7. The van der Waals surface area contributed by atoms with E-state index in [9.17, 15) is 9.59 Å². The quantitative estimate of drug-likeness (QED) is 0.729. The second-order valence-electron chi connectivity index (χ2n) is 6.07. The first-order valence-corrected chi connectivity index (χ1v) is 9.19. The minimum atomic E-state index is -0.996. The molecule has 2 aromatic carbocycles. The highest BCUT2D eigenvalue weighted by Gasteiger charge is 2.30. The van der Waals surface area contributed by atoms with E-state index in [1.807, 2.05) is 54.6 Å². The highest BCUT2D eigenvalue weighted by atomic mass is 79.9. The number of amides is 1. The molecule has 1 heterocycles. The lowest BCUT2D eigenvalue weighted by molar-refractivity contribution is -0.142. The van der Waals surface area contributed by atoms with Gasteiger partial charge in [-0.1, -0.05) is 40.2 Å². The number of benzene rings is 2. The third kappa shape index (κ3) is 4.49. The molecule has 1 unspecified atom stereocenters. The van der Waals surface area contributed by atoms with Gasteiger partial charge in [0.05, 0.1) is 25.3 Å². The van der Waals surface area contributed by atoms with E-state index >= 15 is 0 Å². The van der Waals surface area contributed by atoms with Crippen molar-refractivity contribution in [3.8, 4) is 5.75 Å². The third-order valence-electron chi connectivity index (χ3n) is 4.28. The smallest absolute Gasteiger partial charge is 0.303 e. The fraction of sp³-hybridized carbons (Fsp3) is 0.200. The summed E-state index contributed by atoms with van der Waals surface area (Å²) in [5.74, 6) is -0.545. The molecule has 0 saturated heterocycles. The van der Waals surface area contributed by atoms with Crippen LogP contribution < -0.4 is 10.2 Å². The van der Waals surface area contributed by atoms with Crippen LogP contribution in [0.2, 0.25) is 0 Å². The lowest BCUT2D eigenvalue weighted by Crippen LogP contribution is -2.39. The van der Waals surface area contributed by atoms with Crippen LogP contribution in [0.25, 0.3) is 5.70 Å². The normalized spacial score (nSPS) is 15.9. The molecule has 0 spiro atoms. The monoisotopic (exact) mass is 430 g/mol. The number of nitrogens with one attached hydrogen (secondary N) is 1. The molecule has 0 fully saturated rings. The molecule has 27 heavy (non-hydrogen) atoms. The molecule has 2 aromatic rings. The molecule has 7 heteroatoms. The number of aliphatic carboxylic acids is 1. The van der Waals surface area contributed by atoms with Crippen LogP contribution >= 0.6 is 15.9 Å². The van der Waals surface area contributed by atoms with E-state index in [-0.39, 0.29) is 24.8 Å². The lowest BCUT2D eigenvalue weighted by Gasteiger charge is -2.25. The van der Waals surface area contributed by atoms with Crippen molar-refractivity contribution in [1.82, 2.24) is 10.4 Å². The molecular formula is C20H19BrN2O4. The number of carbonyl (C=O) groups is 2. The van der Waals surface area contributed by atoms with Gasteiger partial charge >= 0.3 is 5.97 Å². The topological polar surface area (TPSA) is 78.9 Å². The zero-order valence-corrected chi connectivity index (χ0v) is 16.3. The van der Waals surface area contributed by atoms with Gasteiger partial charge in [-0.2, -0.15) is 0 Å². The molecular weight excluding hydrogens is 412 g/mol. The maximum Gasteiger partial charge on any atom is 0.303 e. The number of ether oxygens (including phenoxy) is 1. The first-order valence-electron chi connectivity index (χ1n) is 8.40. The Morgan fingerprint density at radius 3 is 2.37 bits per heavy atom. The molecule has 3 rings (SSSR count). The van der Waals surface area contributed by atoms with E-state index in [0.29, 0.717) is 0 Å². The number of rotatable bonds is 6. The van der Waals surface area contributed by atoms with Gasteiger partial charge in [-0.3, -0.25) is 15.0 Å². The second kappa shape index (κ2) is 8.26. The molecule has 6 nitrogen and oxygen atoms in total. The molecule has 0 aliphatic carbocycles. The molecule has 0 bridgehead atoms. The summed E-state index contributed by atoms with van der Waals surface area (Å²) in [6.07, 6.45) is 1.68. The van der Waals surface area contributed by atoms with E-state index in [4.69, 9.17) is 9.84 Å². The average Bonchev–Trinajstić information content (AvgIpc) is 3.12. The van der Waals surface area contributed by atoms with Gasteiger partial charge < -0.3 is 9.84 Å². The standard InChI is InChI=1S/C20H19BrN2O4/c1-27-16-8-4-14(5-9-16)18-12-17(13-2-6-15(21)7-3-13)22-23(18)19(24)10-11-20(25)26/h2-9,12,18,22H,10-11H2,1H3,(H,25,26). The molecule has 1 aliphatic rings. The zero-order chi connectivity index (χ0) is 19.4. The fourth-order valence-corrected chi connectivity index (χ4v) is 3.12. The molecule has 1 aliphatic heterocycles. The number of halogens is 1. The lowest BCUT2D eigenvalue weighted by atomic mass is 10.0. The number of hydrogen-bond acceptors (Lipinski definition) is 4. The summed E-state index contributed by atoms with van der Waals surface area (Å²) in [6, 6.07) is 14.9. The number of methoxy groups -OCH3 is 1. The van der Waals surface area contributed by atoms with Crippen molar-refractivity contribution in [3.05, 3.63) is 70.2 Å². The summed E-state index contributed by atoms with van der Waals surface area (Å²) in [4.78, 5) is 23.5. The maximum absolute atomic E-state index is 12.6. The molecule has 0 aromatic heterocycles. The Bertz CT molecular complexity index is 863. The number of carbonyl (C=O) groups excluding carboxylic acids is 1. The number of hydrazine groups is 1. The molecule has 1 atom stereocenters. The minimum Gasteiger partial charge on any atom is -0.497 e. The maximum atomic E-state index is 12.6. The van der Waals surface area contributed by atoms with Crippen molar-refractivity contribution in [2.24, 2.45) is 0 Å². The largest absolute Gasteiger partial charge is 0.497 e. The Balaban J connectivity index is 1.90. The van der Waals surface area contributed by atoms with Crippen molar-refractivity contribution in [2.45, 2.75) is 18.9 Å². The molecule has 0 saturated carbocycles. The molecule has 1 amide bonds. The molecule has 140 valence electrons. The number of carboxylic acids is 1. The number of carboxylic acid groups (broad SMARTS) is 1. The molecule has 2 N–H and O–H groups in total. The van der Waals surface area contributed by atoms with Gasteiger partial charge in [0.25, 0.3) is 0 Å². The van der Waals surface area contributed by atoms with Crippen LogP contribution in [0.15, 0.2) is 59.1 Å². The van der Waals surface area contributed by atoms with Gasteiger partial charge in [-0.25, -0.2) is 5.01 Å². The summed E-state index contributed by atoms with van der Waals surface area (Å²) in [5, 5.41) is 10.4. The van der Waals surface area contributed by atoms with Crippen LogP contribution in [0.4, 0.5) is 0 Å². The summed E-state index contributed by atoms with van der Waals surface area (Å²) in [7, 11) is 1.60. The number of hydrogen-bond donors (Lipinski definition) is 2. The van der Waals surface area contributed by atoms with Gasteiger partial charge in [-0.15, -0.1) is 0 Å². The van der Waals surface area contributed by atoms with Gasteiger partial charge in [0, 0.05) is 10.9 Å². The average molecular weight is 431 g/mol. The summed E-state index contributed by atoms with van der Waals surface area (Å²) in [6.45, 7) is 0. The van der Waals surface area contributed by atoms with Crippen LogP contribution in [0.1, 0.15) is 30.0 Å². The summed E-state index contributed by atoms with van der Waals surface area (Å²) >= 11 is 3.41. The first-order chi connectivity index (χ1) is 13.0. The van der Waals surface area contributed by atoms with Gasteiger partial charge in [-0.05, 0) is 41.5 Å². The van der Waals surface area contributed by atoms with Gasteiger partial charge in [0.15, 0.2) is 0 Å². The van der Waals surface area contributed by atoms with E-state index in [1.54, 1.807) is 7.11 Å². The van der Waals surface area contributed by atoms with Crippen molar-refractivity contribution < 1.29 is 19.4 Å². The van der Waals surface area contributed by atoms with Gasteiger partial charge in [0.2, 0.25) is 5.91 Å². The fourth-order valence-electron chi connectivity index (χ4n) is 2.86. The van der Waals surface area contributed by atoms with Crippen molar-refractivity contribution >= 4 is 33.5 Å². The Labute approximate surface area is 165 Å². The van der Waals surface area contributed by atoms with Crippen LogP contribution in [0.5, 0.6) is 5.75 Å². The summed E-state index contributed by atoms with van der Waals surface area (Å²) in [5.41, 5.74) is 5.77. The predicted octanol–water partition coefficient (Wildman–Crippen LogP) is 3.75. The SMILES string of the molecule is COc1ccc(C2C=C(c3ccc(Br)cc3)NN2C(=O)CCC(=O)O)cc1. The predicted molar refractivity (Wildman–Crippen MR) is 105 cm³/mol. The number of nitrogens with zero attached hydrogens (tertiary/aromatic N) is 1. The van der Waals surface area contributed by atoms with E-state index in [1.165, 1.54) is 5.01 Å². The third-order valence-corrected chi connectivity index (χ3v) is 4.81. The van der Waals surface area contributed by atoms with E-state index < -0.39 is 5.97 Å². The van der Waals surface area contributed by atoms with Crippen LogP contribution in [0, 0.1) is 0 Å². The highest BCUT2D eigenvalue weighted by molar-refractivity contribution is 9.10. The van der Waals surface area contributed by atoms with E-state index in [0.717, 1.165) is 27.0 Å². The second-order valence-corrected chi connectivity index (χ2v) is 6.99. The Morgan fingerprint density at radius 2 is 1.78 bits per heavy atom. The van der Waals surface area contributed by atoms with Crippen LogP contribution in [-0.4, -0.2) is 29.1 Å². The first kappa shape index (κ1) is 19.0. The van der Waals surface area contributed by atoms with Crippen LogP contribution in [0.3, 0.4) is 0 Å². The Kier molecular flexibility index (Phi) is 5.81. The van der Waals surface area contributed by atoms with Gasteiger partial charge in [0.1, 0.15) is 5.75 Å². The molecule has 0 radical (unpaired) electrons. The van der Waals surface area contributed by atoms with Crippen molar-refractivity contribution in [3.63, 3.8) is 0 Å². The Hall–Kier alpha value is -2.80. The highest BCUT2D eigenvalue weighted by Crippen LogP contribution is 2.33. The van der Waals surface area contributed by atoms with Crippen molar-refractivity contribution in [1.29, 1.82) is 0 Å². The summed E-state index contributed by atoms with van der Waals surface area (Å²) < 4.78 is 6.16.